The highest BCUT2D eigenvalue weighted by atomic mass is 16.7. The average Bonchev–Trinajstić information content (AvgIpc) is 3.55. The van der Waals surface area contributed by atoms with Crippen LogP contribution in [0.4, 0.5) is 10.6 Å². The lowest BCUT2D eigenvalue weighted by atomic mass is 10.1. The van der Waals surface area contributed by atoms with Gasteiger partial charge in [0.05, 0.1) is 50.5 Å². The molecule has 1 aromatic carbocycles. The van der Waals surface area contributed by atoms with E-state index < -0.39 is 6.16 Å². The highest BCUT2D eigenvalue weighted by molar-refractivity contribution is 6.01. The number of pyridine rings is 1. The van der Waals surface area contributed by atoms with E-state index in [0.717, 1.165) is 22.2 Å². The first kappa shape index (κ1) is 24.6. The molecule has 0 saturated heterocycles. The molecule has 0 aliphatic rings. The summed E-state index contributed by atoms with van der Waals surface area (Å²) in [4.78, 5) is 24.9. The van der Waals surface area contributed by atoms with Crippen LogP contribution in [-0.2, 0) is 18.3 Å². The molecule has 0 aliphatic heterocycles. The number of methoxy groups -OCH3 is 3. The summed E-state index contributed by atoms with van der Waals surface area (Å²) >= 11 is 0. The fourth-order valence-corrected chi connectivity index (χ4v) is 4.06. The van der Waals surface area contributed by atoms with Gasteiger partial charge in [-0.25, -0.2) is 14.8 Å². The van der Waals surface area contributed by atoms with E-state index in [1.807, 2.05) is 48.3 Å². The topological polar surface area (TPSA) is 127 Å². The van der Waals surface area contributed by atoms with Crippen molar-refractivity contribution >= 4 is 23.0 Å². The Bertz CT molecular complexity index is 1610. The predicted octanol–water partition coefficient (Wildman–Crippen LogP) is 3.99. The Morgan fingerprint density at radius 3 is 2.63 bits per heavy atom. The van der Waals surface area contributed by atoms with Gasteiger partial charge in [-0.1, -0.05) is 0 Å². The number of aromatic nitrogens is 6. The Morgan fingerprint density at radius 1 is 1.03 bits per heavy atom. The zero-order valence-corrected chi connectivity index (χ0v) is 21.2. The summed E-state index contributed by atoms with van der Waals surface area (Å²) in [6.07, 6.45) is 7.48. The molecule has 1 N–H and O–H groups in total. The second kappa shape index (κ2) is 10.5. The summed E-state index contributed by atoms with van der Waals surface area (Å²) in [6, 6.07) is 9.23. The molecule has 0 radical (unpaired) electrons. The number of hydrogen-bond donors (Lipinski definition) is 1. The van der Waals surface area contributed by atoms with E-state index >= 15 is 0 Å². The third-order valence-electron chi connectivity index (χ3n) is 5.86. The number of rotatable bonds is 8. The minimum atomic E-state index is -0.835. The van der Waals surface area contributed by atoms with E-state index in [1.54, 1.807) is 31.2 Å². The molecule has 0 amide bonds. The van der Waals surface area contributed by atoms with E-state index in [4.69, 9.17) is 14.2 Å². The molecule has 38 heavy (non-hydrogen) atoms. The maximum Gasteiger partial charge on any atom is 0.513 e. The third kappa shape index (κ3) is 4.78. The van der Waals surface area contributed by atoms with Crippen molar-refractivity contribution in [3.63, 3.8) is 0 Å². The number of carbonyl (C=O) groups is 1. The molecule has 0 spiro atoms. The Labute approximate surface area is 217 Å². The molecule has 0 saturated carbocycles. The van der Waals surface area contributed by atoms with Crippen LogP contribution in [0.1, 0.15) is 5.56 Å². The van der Waals surface area contributed by atoms with Crippen molar-refractivity contribution in [1.82, 2.24) is 29.3 Å². The van der Waals surface area contributed by atoms with Crippen LogP contribution in [0.5, 0.6) is 17.2 Å². The van der Waals surface area contributed by atoms with Crippen LogP contribution in [0.25, 0.3) is 28.0 Å². The van der Waals surface area contributed by atoms with E-state index in [-0.39, 0.29) is 5.75 Å². The van der Waals surface area contributed by atoms with Gasteiger partial charge in [0, 0.05) is 49.2 Å². The summed E-state index contributed by atoms with van der Waals surface area (Å²) < 4.78 is 24.2. The number of ether oxygens (including phenoxy) is 4. The summed E-state index contributed by atoms with van der Waals surface area (Å²) in [5, 5.41) is 8.78. The second-order valence-electron chi connectivity index (χ2n) is 8.17. The number of anilines is 1. The largest absolute Gasteiger partial charge is 0.513 e. The quantitative estimate of drug-likeness (QED) is 0.303. The molecule has 0 aliphatic carbocycles. The Hall–Kier alpha value is -5.13. The first-order valence-corrected chi connectivity index (χ1v) is 11.5. The van der Waals surface area contributed by atoms with Gasteiger partial charge in [0.2, 0.25) is 0 Å². The zero-order valence-electron chi connectivity index (χ0n) is 21.2. The van der Waals surface area contributed by atoms with Gasteiger partial charge in [-0.3, -0.25) is 14.2 Å². The molecule has 0 fully saturated rings. The normalized spacial score (nSPS) is 10.8. The number of hydrogen-bond acceptors (Lipinski definition) is 10. The number of aryl methyl sites for hydroxylation is 1. The highest BCUT2D eigenvalue weighted by Gasteiger charge is 2.20. The van der Waals surface area contributed by atoms with E-state index in [9.17, 15) is 4.79 Å². The number of nitrogens with zero attached hydrogens (tertiary/aromatic N) is 6. The standard InChI is InChI=1S/C26H25N7O5/c1-32-8-7-21(31-32)20-14-33(17-9-19(13-27-12-17)38-26(34)37-4)25-23(20)24(29-15-30-25)28-11-16-5-6-18(35-2)10-22(16)36-3/h5-10,12-15H,11H2,1-4H3,(H,28,29,30). The first-order chi connectivity index (χ1) is 18.5. The third-order valence-corrected chi connectivity index (χ3v) is 5.86. The van der Waals surface area contributed by atoms with Crippen LogP contribution in [0.3, 0.4) is 0 Å². The summed E-state index contributed by atoms with van der Waals surface area (Å²) in [5.41, 5.74) is 3.72. The minimum Gasteiger partial charge on any atom is -0.497 e. The molecule has 12 nitrogen and oxygen atoms in total. The zero-order chi connectivity index (χ0) is 26.6. The molecule has 5 aromatic rings. The summed E-state index contributed by atoms with van der Waals surface area (Å²) in [7, 11) is 6.32. The second-order valence-corrected chi connectivity index (χ2v) is 8.17. The molecule has 4 heterocycles. The van der Waals surface area contributed by atoms with E-state index in [0.29, 0.717) is 35.2 Å². The van der Waals surface area contributed by atoms with Crippen LogP contribution in [-0.4, -0.2) is 56.8 Å². The molecule has 0 atom stereocenters. The molecule has 12 heteroatoms. The van der Waals surface area contributed by atoms with Crippen molar-refractivity contribution in [2.45, 2.75) is 6.54 Å². The molecule has 194 valence electrons. The highest BCUT2D eigenvalue weighted by Crippen LogP contribution is 2.35. The molecule has 0 bridgehead atoms. The van der Waals surface area contributed by atoms with Crippen LogP contribution in [0.15, 0.2) is 61.4 Å². The molecule has 5 rings (SSSR count). The van der Waals surface area contributed by atoms with E-state index in [2.05, 4.69) is 30.1 Å². The Kier molecular flexibility index (Phi) is 6.76. The Balaban J connectivity index is 1.59. The molecular weight excluding hydrogens is 490 g/mol. The van der Waals surface area contributed by atoms with Gasteiger partial charge in [-0.15, -0.1) is 0 Å². The minimum absolute atomic E-state index is 0.231. The van der Waals surface area contributed by atoms with Crippen LogP contribution in [0, 0.1) is 0 Å². The van der Waals surface area contributed by atoms with Gasteiger partial charge in [0.1, 0.15) is 23.6 Å². The fraction of sp³-hybridized carbons (Fsp3) is 0.192. The van der Waals surface area contributed by atoms with Crippen LogP contribution in [0.2, 0.25) is 0 Å². The molecule has 4 aromatic heterocycles. The maximum atomic E-state index is 11.6. The average molecular weight is 516 g/mol. The van der Waals surface area contributed by atoms with Gasteiger partial charge in [0.15, 0.2) is 11.4 Å². The fourth-order valence-electron chi connectivity index (χ4n) is 4.06. The smallest absolute Gasteiger partial charge is 0.497 e. The van der Waals surface area contributed by atoms with Gasteiger partial charge in [0.25, 0.3) is 0 Å². The maximum absolute atomic E-state index is 11.6. The number of nitrogens with one attached hydrogen (secondary N) is 1. The van der Waals surface area contributed by atoms with Crippen molar-refractivity contribution in [1.29, 1.82) is 0 Å². The number of fused-ring (bicyclic) bond motifs is 1. The lowest BCUT2D eigenvalue weighted by Gasteiger charge is -2.12. The Morgan fingerprint density at radius 2 is 1.89 bits per heavy atom. The first-order valence-electron chi connectivity index (χ1n) is 11.5. The SMILES string of the molecule is COC(=O)Oc1cncc(-n2cc(-c3ccn(C)n3)c3c(NCc4ccc(OC)cc4OC)ncnc32)c1. The van der Waals surface area contributed by atoms with Gasteiger partial charge in [-0.2, -0.15) is 5.10 Å². The van der Waals surface area contributed by atoms with Crippen molar-refractivity contribution < 1.29 is 23.7 Å². The molecular formula is C26H25N7O5. The lowest BCUT2D eigenvalue weighted by molar-refractivity contribution is 0.121. The van der Waals surface area contributed by atoms with Gasteiger partial charge >= 0.3 is 6.16 Å². The lowest BCUT2D eigenvalue weighted by Crippen LogP contribution is -2.08. The van der Waals surface area contributed by atoms with Crippen LogP contribution < -0.4 is 19.5 Å². The number of benzene rings is 1. The monoisotopic (exact) mass is 515 g/mol. The van der Waals surface area contributed by atoms with Gasteiger partial charge < -0.3 is 24.3 Å². The number of carbonyl (C=O) groups excluding carboxylic acids is 1. The predicted molar refractivity (Wildman–Crippen MR) is 139 cm³/mol. The van der Waals surface area contributed by atoms with Gasteiger partial charge in [-0.05, 0) is 18.2 Å². The van der Waals surface area contributed by atoms with Crippen molar-refractivity contribution in [3.05, 3.63) is 67.0 Å². The van der Waals surface area contributed by atoms with Crippen molar-refractivity contribution in [3.8, 4) is 34.2 Å². The van der Waals surface area contributed by atoms with Crippen LogP contribution >= 0.6 is 0 Å². The van der Waals surface area contributed by atoms with Crippen molar-refractivity contribution in [2.24, 2.45) is 7.05 Å². The molecule has 0 unspecified atom stereocenters. The van der Waals surface area contributed by atoms with Crippen molar-refractivity contribution in [2.75, 3.05) is 26.6 Å². The van der Waals surface area contributed by atoms with E-state index in [1.165, 1.54) is 19.6 Å². The summed E-state index contributed by atoms with van der Waals surface area (Å²) in [5.74, 6) is 2.24. The summed E-state index contributed by atoms with van der Waals surface area (Å²) in [6.45, 7) is 0.441.